The van der Waals surface area contributed by atoms with Crippen molar-refractivity contribution in [3.05, 3.63) is 58.6 Å². The largest absolute Gasteiger partial charge is 0.371 e. The first-order valence-electron chi connectivity index (χ1n) is 10.3. The maximum absolute atomic E-state index is 12.6. The topological polar surface area (TPSA) is 61.4 Å². The van der Waals surface area contributed by atoms with Gasteiger partial charge in [0.25, 0.3) is 5.91 Å². The highest BCUT2D eigenvalue weighted by Crippen LogP contribution is 2.29. The number of nitrogens with one attached hydrogen (secondary N) is 2. The lowest BCUT2D eigenvalue weighted by atomic mass is 9.95. The number of carbonyl (C=O) groups excluding carboxylic acids is 2. The second-order valence-electron chi connectivity index (χ2n) is 9.03. The number of hydrogen-bond donors (Lipinski definition) is 2. The molecule has 2 aromatic rings. The molecule has 1 unspecified atom stereocenters. The molecule has 2 amide bonds. The summed E-state index contributed by atoms with van der Waals surface area (Å²) in [6.45, 7) is 10.1. The van der Waals surface area contributed by atoms with Gasteiger partial charge in [-0.15, -0.1) is 0 Å². The smallest absolute Gasteiger partial charge is 0.251 e. The molecule has 0 saturated carbocycles. The number of anilines is 2. The fourth-order valence-electron chi connectivity index (χ4n) is 3.54. The first-order valence-corrected chi connectivity index (χ1v) is 10.7. The molecule has 6 heteroatoms. The molecule has 1 aliphatic rings. The van der Waals surface area contributed by atoms with Gasteiger partial charge in [-0.25, -0.2) is 0 Å². The Labute approximate surface area is 183 Å². The molecule has 5 nitrogen and oxygen atoms in total. The average Bonchev–Trinajstić information content (AvgIpc) is 3.16. The van der Waals surface area contributed by atoms with Crippen LogP contribution in [0.5, 0.6) is 0 Å². The van der Waals surface area contributed by atoms with Gasteiger partial charge in [-0.3, -0.25) is 9.59 Å². The monoisotopic (exact) mass is 427 g/mol. The van der Waals surface area contributed by atoms with Gasteiger partial charge >= 0.3 is 0 Å². The second kappa shape index (κ2) is 9.09. The zero-order chi connectivity index (χ0) is 21.9. The molecule has 1 fully saturated rings. The normalized spacial score (nSPS) is 16.4. The molecule has 0 bridgehead atoms. The molecule has 30 heavy (non-hydrogen) atoms. The van der Waals surface area contributed by atoms with Crippen LogP contribution in [0, 0.1) is 18.3 Å². The Kier molecular flexibility index (Phi) is 6.71. The summed E-state index contributed by atoms with van der Waals surface area (Å²) >= 11 is 6.16. The highest BCUT2D eigenvalue weighted by atomic mass is 35.5. The second-order valence-corrected chi connectivity index (χ2v) is 9.46. The minimum Gasteiger partial charge on any atom is -0.371 e. The van der Waals surface area contributed by atoms with Crippen LogP contribution in [-0.4, -0.2) is 31.4 Å². The van der Waals surface area contributed by atoms with Crippen LogP contribution in [-0.2, 0) is 4.79 Å². The third-order valence-corrected chi connectivity index (χ3v) is 5.65. The van der Waals surface area contributed by atoms with E-state index in [4.69, 9.17) is 11.6 Å². The van der Waals surface area contributed by atoms with Gasteiger partial charge < -0.3 is 15.5 Å². The first kappa shape index (κ1) is 22.2. The molecule has 1 aliphatic heterocycles. The molecule has 0 radical (unpaired) electrons. The van der Waals surface area contributed by atoms with Crippen molar-refractivity contribution in [1.29, 1.82) is 0 Å². The van der Waals surface area contributed by atoms with Gasteiger partial charge in [0.05, 0.1) is 0 Å². The summed E-state index contributed by atoms with van der Waals surface area (Å²) in [5, 5.41) is 6.66. The number of nitrogens with zero attached hydrogens (tertiary/aromatic N) is 1. The maximum Gasteiger partial charge on any atom is 0.251 e. The van der Waals surface area contributed by atoms with Crippen LogP contribution in [0.4, 0.5) is 11.4 Å². The Hall–Kier alpha value is -2.53. The predicted molar refractivity (Wildman–Crippen MR) is 123 cm³/mol. The molecule has 0 aliphatic carbocycles. The fourth-order valence-corrected chi connectivity index (χ4v) is 3.70. The predicted octanol–water partition coefficient (Wildman–Crippen LogP) is 4.89. The van der Waals surface area contributed by atoms with Gasteiger partial charge in [0.1, 0.15) is 0 Å². The molecule has 1 saturated heterocycles. The Morgan fingerprint density at radius 3 is 2.67 bits per heavy atom. The summed E-state index contributed by atoms with van der Waals surface area (Å²) in [5.74, 6) is 0.178. The van der Waals surface area contributed by atoms with E-state index in [0.717, 1.165) is 24.5 Å². The van der Waals surface area contributed by atoms with Gasteiger partial charge in [-0.1, -0.05) is 44.5 Å². The number of carbonyl (C=O) groups is 2. The minimum atomic E-state index is -0.492. The summed E-state index contributed by atoms with van der Waals surface area (Å²) in [6, 6.07) is 13.0. The zero-order valence-electron chi connectivity index (χ0n) is 18.1. The SMILES string of the molecule is Cc1ccc(Cl)cc1N1CCC(CNC(=O)c2cccc(NC(=O)C(C)(C)C)c2)C1. The van der Waals surface area contributed by atoms with Gasteiger partial charge in [0.2, 0.25) is 5.91 Å². The van der Waals surface area contributed by atoms with Crippen molar-refractivity contribution >= 4 is 34.8 Å². The van der Waals surface area contributed by atoms with Crippen LogP contribution in [0.25, 0.3) is 0 Å². The molecule has 2 aromatic carbocycles. The van der Waals surface area contributed by atoms with Crippen LogP contribution in [0.1, 0.15) is 43.1 Å². The lowest BCUT2D eigenvalue weighted by molar-refractivity contribution is -0.123. The quantitative estimate of drug-likeness (QED) is 0.714. The van der Waals surface area contributed by atoms with E-state index in [1.807, 2.05) is 39.0 Å². The van der Waals surface area contributed by atoms with Crippen molar-refractivity contribution < 1.29 is 9.59 Å². The van der Waals surface area contributed by atoms with Gasteiger partial charge in [-0.05, 0) is 55.2 Å². The van der Waals surface area contributed by atoms with E-state index in [9.17, 15) is 9.59 Å². The van der Waals surface area contributed by atoms with E-state index < -0.39 is 5.41 Å². The molecule has 2 N–H and O–H groups in total. The number of benzene rings is 2. The molecule has 0 spiro atoms. The van der Waals surface area contributed by atoms with Gasteiger partial charge in [-0.2, -0.15) is 0 Å². The number of aryl methyl sites for hydroxylation is 1. The molecular formula is C24H30ClN3O2. The Balaban J connectivity index is 1.55. The van der Waals surface area contributed by atoms with Crippen LogP contribution in [0.2, 0.25) is 5.02 Å². The minimum absolute atomic E-state index is 0.0811. The number of amides is 2. The van der Waals surface area contributed by atoms with E-state index in [2.05, 4.69) is 22.5 Å². The number of halogens is 1. The first-order chi connectivity index (χ1) is 14.1. The molecule has 3 rings (SSSR count). The van der Waals surface area contributed by atoms with Crippen molar-refractivity contribution in [3.63, 3.8) is 0 Å². The summed E-state index contributed by atoms with van der Waals surface area (Å²) < 4.78 is 0. The lowest BCUT2D eigenvalue weighted by Gasteiger charge is -2.21. The molecular weight excluding hydrogens is 398 g/mol. The lowest BCUT2D eigenvalue weighted by Crippen LogP contribution is -2.31. The van der Waals surface area contributed by atoms with Gasteiger partial charge in [0.15, 0.2) is 0 Å². The molecule has 1 heterocycles. The molecule has 1 atom stereocenters. The Morgan fingerprint density at radius 2 is 1.93 bits per heavy atom. The highest BCUT2D eigenvalue weighted by Gasteiger charge is 2.25. The highest BCUT2D eigenvalue weighted by molar-refractivity contribution is 6.30. The van der Waals surface area contributed by atoms with Crippen LogP contribution in [0.15, 0.2) is 42.5 Å². The maximum atomic E-state index is 12.6. The Bertz CT molecular complexity index is 936. The van der Waals surface area contributed by atoms with Crippen LogP contribution < -0.4 is 15.5 Å². The van der Waals surface area contributed by atoms with E-state index >= 15 is 0 Å². The summed E-state index contributed by atoms with van der Waals surface area (Å²) in [7, 11) is 0. The average molecular weight is 428 g/mol. The van der Waals surface area contributed by atoms with Crippen LogP contribution in [0.3, 0.4) is 0 Å². The number of hydrogen-bond acceptors (Lipinski definition) is 3. The van der Waals surface area contributed by atoms with Gasteiger partial charge in [0, 0.05) is 47.0 Å². The third-order valence-electron chi connectivity index (χ3n) is 5.41. The van der Waals surface area contributed by atoms with Crippen molar-refractivity contribution in [3.8, 4) is 0 Å². The summed E-state index contributed by atoms with van der Waals surface area (Å²) in [4.78, 5) is 27.1. The van der Waals surface area contributed by atoms with Crippen molar-refractivity contribution in [2.45, 2.75) is 34.1 Å². The zero-order valence-corrected chi connectivity index (χ0v) is 18.8. The van der Waals surface area contributed by atoms with Crippen molar-refractivity contribution in [2.24, 2.45) is 11.3 Å². The van der Waals surface area contributed by atoms with Crippen molar-refractivity contribution in [2.75, 3.05) is 29.9 Å². The van der Waals surface area contributed by atoms with E-state index in [1.54, 1.807) is 24.3 Å². The fraction of sp³-hybridized carbons (Fsp3) is 0.417. The van der Waals surface area contributed by atoms with E-state index in [-0.39, 0.29) is 11.8 Å². The van der Waals surface area contributed by atoms with Crippen LogP contribution >= 0.6 is 11.6 Å². The Morgan fingerprint density at radius 1 is 1.17 bits per heavy atom. The molecule has 0 aromatic heterocycles. The third kappa shape index (κ3) is 5.54. The van der Waals surface area contributed by atoms with E-state index in [0.29, 0.717) is 23.7 Å². The van der Waals surface area contributed by atoms with E-state index in [1.165, 1.54) is 11.3 Å². The summed E-state index contributed by atoms with van der Waals surface area (Å²) in [6.07, 6.45) is 1.02. The number of rotatable bonds is 5. The summed E-state index contributed by atoms with van der Waals surface area (Å²) in [5.41, 5.74) is 3.05. The standard InChI is InChI=1S/C24H30ClN3O2/c1-16-8-9-19(25)13-21(16)28-11-10-17(15-28)14-26-22(29)18-6-5-7-20(12-18)27-23(30)24(2,3)4/h5-9,12-13,17H,10-11,14-15H2,1-4H3,(H,26,29)(H,27,30). The van der Waals surface area contributed by atoms with Crippen molar-refractivity contribution in [1.82, 2.24) is 5.32 Å². The molecule has 160 valence electrons.